The van der Waals surface area contributed by atoms with E-state index in [0.717, 1.165) is 51.4 Å². The minimum atomic E-state index is -0.268. The second-order valence-corrected chi connectivity index (χ2v) is 9.16. The first-order chi connectivity index (χ1) is 11.8. The van der Waals surface area contributed by atoms with E-state index in [4.69, 9.17) is 9.47 Å². The minimum Gasteiger partial charge on any atom is -0.462 e. The summed E-state index contributed by atoms with van der Waals surface area (Å²) in [6, 6.07) is 0. The van der Waals surface area contributed by atoms with Crippen molar-refractivity contribution in [2.24, 2.45) is 29.6 Å². The molecule has 5 unspecified atom stereocenters. The number of ether oxygens (including phenoxy) is 2. The molecule has 0 aliphatic heterocycles. The zero-order chi connectivity index (χ0) is 18.2. The summed E-state index contributed by atoms with van der Waals surface area (Å²) < 4.78 is 11.8. The fourth-order valence-electron chi connectivity index (χ4n) is 5.38. The third-order valence-corrected chi connectivity index (χ3v) is 6.88. The monoisotopic (exact) mass is 350 g/mol. The Bertz CT molecular complexity index is 506. The van der Waals surface area contributed by atoms with Gasteiger partial charge < -0.3 is 9.47 Å². The fourth-order valence-corrected chi connectivity index (χ4v) is 5.38. The summed E-state index contributed by atoms with van der Waals surface area (Å²) >= 11 is 0. The van der Waals surface area contributed by atoms with E-state index < -0.39 is 0 Å². The van der Waals surface area contributed by atoms with Crippen LogP contribution in [0.25, 0.3) is 0 Å². The number of hydrogen-bond acceptors (Lipinski definition) is 4. The Balaban J connectivity index is 1.60. The number of fused-ring (bicyclic) bond motifs is 2. The van der Waals surface area contributed by atoms with Gasteiger partial charge in [-0.25, -0.2) is 0 Å². The Labute approximate surface area is 152 Å². The molecule has 25 heavy (non-hydrogen) atoms. The van der Waals surface area contributed by atoms with Crippen LogP contribution < -0.4 is 0 Å². The van der Waals surface area contributed by atoms with E-state index in [0.29, 0.717) is 11.8 Å². The minimum absolute atomic E-state index is 0.0399. The second-order valence-electron chi connectivity index (χ2n) is 9.16. The first-order valence-electron chi connectivity index (χ1n) is 10.3. The largest absolute Gasteiger partial charge is 0.462 e. The smallest absolute Gasteiger partial charge is 0.309 e. The van der Waals surface area contributed by atoms with Crippen LogP contribution in [0.1, 0.15) is 79.1 Å². The second kappa shape index (κ2) is 7.28. The van der Waals surface area contributed by atoms with Gasteiger partial charge in [-0.2, -0.15) is 0 Å². The lowest BCUT2D eigenvalue weighted by Gasteiger charge is -2.32. The number of rotatable bonds is 6. The van der Waals surface area contributed by atoms with Crippen molar-refractivity contribution >= 4 is 11.9 Å². The summed E-state index contributed by atoms with van der Waals surface area (Å²) in [5.74, 6) is 0.722. The van der Waals surface area contributed by atoms with Gasteiger partial charge in [-0.15, -0.1) is 0 Å². The highest BCUT2D eigenvalue weighted by Crippen LogP contribution is 2.51. The fraction of sp³-hybridized carbons (Fsp3) is 0.905. The van der Waals surface area contributed by atoms with Crippen LogP contribution in [-0.4, -0.2) is 23.6 Å². The molecule has 0 aromatic carbocycles. The van der Waals surface area contributed by atoms with Crippen LogP contribution in [0, 0.1) is 29.6 Å². The highest BCUT2D eigenvalue weighted by molar-refractivity contribution is 5.75. The van der Waals surface area contributed by atoms with E-state index in [1.807, 2.05) is 6.92 Å². The van der Waals surface area contributed by atoms with Gasteiger partial charge in [0.1, 0.15) is 11.7 Å². The van der Waals surface area contributed by atoms with E-state index >= 15 is 0 Å². The zero-order valence-electron chi connectivity index (χ0n) is 16.3. The molecular weight excluding hydrogens is 316 g/mol. The van der Waals surface area contributed by atoms with Crippen molar-refractivity contribution in [1.29, 1.82) is 0 Å². The molecule has 0 aromatic heterocycles. The van der Waals surface area contributed by atoms with Gasteiger partial charge in [0, 0.05) is 5.92 Å². The molecule has 0 amide bonds. The highest BCUT2D eigenvalue weighted by atomic mass is 16.6. The van der Waals surface area contributed by atoms with Gasteiger partial charge in [-0.05, 0) is 70.1 Å². The molecule has 0 N–H and O–H groups in total. The summed E-state index contributed by atoms with van der Waals surface area (Å²) in [5.41, 5.74) is -0.268. The maximum Gasteiger partial charge on any atom is 0.309 e. The van der Waals surface area contributed by atoms with Gasteiger partial charge in [0.2, 0.25) is 0 Å². The molecular formula is C21H34O4. The lowest BCUT2D eigenvalue weighted by Crippen LogP contribution is -2.39. The molecule has 0 heterocycles. The SMILES string of the molecule is CCC(C(=O)OC1CC2CC(C(=O)OC3(C)CCCC3)C1C2)C(C)C. The number of hydrogen-bond donors (Lipinski definition) is 0. The summed E-state index contributed by atoms with van der Waals surface area (Å²) in [4.78, 5) is 25.3. The molecule has 0 aromatic rings. The molecule has 0 spiro atoms. The molecule has 142 valence electrons. The van der Waals surface area contributed by atoms with Crippen molar-refractivity contribution in [3.8, 4) is 0 Å². The lowest BCUT2D eigenvalue weighted by atomic mass is 9.86. The normalized spacial score (nSPS) is 34.3. The van der Waals surface area contributed by atoms with Crippen LogP contribution in [0.5, 0.6) is 0 Å². The van der Waals surface area contributed by atoms with Gasteiger partial charge >= 0.3 is 11.9 Å². The van der Waals surface area contributed by atoms with E-state index in [-0.39, 0.29) is 41.4 Å². The number of carbonyl (C=O) groups is 2. The van der Waals surface area contributed by atoms with E-state index in [2.05, 4.69) is 20.8 Å². The molecule has 3 rings (SSSR count). The standard InChI is InChI=1S/C21H34O4/c1-5-15(13(2)3)19(22)24-18-12-14-10-16(18)17(11-14)20(23)25-21(4)8-6-7-9-21/h13-18H,5-12H2,1-4H3. The average Bonchev–Trinajstić information content (AvgIpc) is 3.22. The van der Waals surface area contributed by atoms with Crippen LogP contribution in [0.2, 0.25) is 0 Å². The molecule has 5 atom stereocenters. The van der Waals surface area contributed by atoms with Gasteiger partial charge in [0.25, 0.3) is 0 Å². The van der Waals surface area contributed by atoms with Gasteiger partial charge in [-0.1, -0.05) is 20.8 Å². The lowest BCUT2D eigenvalue weighted by molar-refractivity contribution is -0.172. The summed E-state index contributed by atoms with van der Waals surface area (Å²) in [7, 11) is 0. The predicted molar refractivity (Wildman–Crippen MR) is 95.8 cm³/mol. The Morgan fingerprint density at radius 2 is 1.80 bits per heavy atom. The van der Waals surface area contributed by atoms with E-state index in [9.17, 15) is 9.59 Å². The van der Waals surface area contributed by atoms with Crippen molar-refractivity contribution in [1.82, 2.24) is 0 Å². The Hall–Kier alpha value is -1.06. The molecule has 3 aliphatic carbocycles. The van der Waals surface area contributed by atoms with Crippen molar-refractivity contribution in [3.63, 3.8) is 0 Å². The molecule has 0 saturated heterocycles. The summed E-state index contributed by atoms with van der Waals surface area (Å²) in [6.07, 6.45) is 7.81. The highest BCUT2D eigenvalue weighted by Gasteiger charge is 2.52. The average molecular weight is 350 g/mol. The molecule has 3 saturated carbocycles. The molecule has 0 radical (unpaired) electrons. The topological polar surface area (TPSA) is 52.6 Å². The van der Waals surface area contributed by atoms with Crippen LogP contribution in [0.3, 0.4) is 0 Å². The summed E-state index contributed by atoms with van der Waals surface area (Å²) in [6.45, 7) is 8.24. The predicted octanol–water partition coefficient (Wildman–Crippen LogP) is 4.50. The van der Waals surface area contributed by atoms with Gasteiger partial charge in [0.15, 0.2) is 0 Å². The zero-order valence-corrected chi connectivity index (χ0v) is 16.3. The molecule has 2 bridgehead atoms. The molecule has 4 heteroatoms. The maximum atomic E-state index is 12.8. The van der Waals surface area contributed by atoms with Crippen LogP contribution >= 0.6 is 0 Å². The van der Waals surface area contributed by atoms with E-state index in [1.54, 1.807) is 0 Å². The third kappa shape index (κ3) is 3.88. The third-order valence-electron chi connectivity index (χ3n) is 6.88. The Morgan fingerprint density at radius 1 is 1.12 bits per heavy atom. The van der Waals surface area contributed by atoms with E-state index in [1.165, 1.54) is 0 Å². The van der Waals surface area contributed by atoms with Crippen molar-refractivity contribution in [2.45, 2.75) is 90.8 Å². The van der Waals surface area contributed by atoms with Gasteiger partial charge in [0.05, 0.1) is 11.8 Å². The van der Waals surface area contributed by atoms with Crippen molar-refractivity contribution < 1.29 is 19.1 Å². The number of esters is 2. The summed E-state index contributed by atoms with van der Waals surface area (Å²) in [5, 5.41) is 0. The Morgan fingerprint density at radius 3 is 2.36 bits per heavy atom. The van der Waals surface area contributed by atoms with Crippen LogP contribution in [0.4, 0.5) is 0 Å². The van der Waals surface area contributed by atoms with Crippen LogP contribution in [-0.2, 0) is 19.1 Å². The quantitative estimate of drug-likeness (QED) is 0.662. The molecule has 3 fully saturated rings. The first-order valence-corrected chi connectivity index (χ1v) is 10.3. The van der Waals surface area contributed by atoms with Crippen molar-refractivity contribution in [2.75, 3.05) is 0 Å². The van der Waals surface area contributed by atoms with Gasteiger partial charge in [-0.3, -0.25) is 9.59 Å². The van der Waals surface area contributed by atoms with Crippen molar-refractivity contribution in [3.05, 3.63) is 0 Å². The molecule has 3 aliphatic rings. The number of carbonyl (C=O) groups excluding carboxylic acids is 2. The van der Waals surface area contributed by atoms with Crippen LogP contribution in [0.15, 0.2) is 0 Å². The first kappa shape index (κ1) is 18.7. The maximum absolute atomic E-state index is 12.8. The Kier molecular flexibility index (Phi) is 5.45. The molecule has 4 nitrogen and oxygen atoms in total.